The number of carbonyl (C=O) groups excluding carboxylic acids is 1. The normalized spacial score (nSPS) is 23.9. The Morgan fingerprint density at radius 1 is 1.02 bits per heavy atom. The largest absolute Gasteiger partial charge is 0.497 e. The quantitative estimate of drug-likeness (QED) is 0.0630. The maximum absolute atomic E-state index is 14.7. The number of aliphatic hydroxyl groups is 2. The van der Waals surface area contributed by atoms with Crippen molar-refractivity contribution in [1.29, 1.82) is 0 Å². The summed E-state index contributed by atoms with van der Waals surface area (Å²) < 4.78 is 40.8. The van der Waals surface area contributed by atoms with Gasteiger partial charge in [0.2, 0.25) is 11.7 Å². The van der Waals surface area contributed by atoms with E-state index < -0.39 is 17.7 Å². The lowest BCUT2D eigenvalue weighted by molar-refractivity contribution is -0.257. The number of benzene rings is 3. The fourth-order valence-electron chi connectivity index (χ4n) is 9.38. The SMILES string of the molecule is C=CCO[C@@]12Oc3ccc(OCc4ccccc4F)cc3[C@H]3[C@H](CCCCO)[C@@H](CCCCO)C=C(C(=NOC)C[C@@H]1N(CCC)C(=O)Cc1cccc(OC)c1)[C@H]32. The van der Waals surface area contributed by atoms with Gasteiger partial charge in [-0.25, -0.2) is 4.39 Å². The van der Waals surface area contributed by atoms with Gasteiger partial charge in [-0.3, -0.25) is 4.79 Å². The number of ether oxygens (including phenoxy) is 4. The maximum Gasteiger partial charge on any atom is 0.239 e. The van der Waals surface area contributed by atoms with Crippen LogP contribution in [0.5, 0.6) is 17.2 Å². The first-order valence-electron chi connectivity index (χ1n) is 20.7. The lowest BCUT2D eigenvalue weighted by Gasteiger charge is -2.60. The van der Waals surface area contributed by atoms with Crippen LogP contribution >= 0.6 is 0 Å². The molecule has 10 nitrogen and oxygen atoms in total. The molecule has 0 spiro atoms. The van der Waals surface area contributed by atoms with E-state index in [4.69, 9.17) is 23.8 Å². The number of aliphatic hydroxyl groups excluding tert-OH is 2. The van der Waals surface area contributed by atoms with Crippen LogP contribution in [0.15, 0.2) is 96.2 Å². The fourth-order valence-corrected chi connectivity index (χ4v) is 9.38. The first kappa shape index (κ1) is 42.9. The van der Waals surface area contributed by atoms with E-state index in [1.807, 2.05) is 47.4 Å². The zero-order chi connectivity index (χ0) is 41.1. The van der Waals surface area contributed by atoms with Crippen LogP contribution in [-0.4, -0.2) is 79.1 Å². The van der Waals surface area contributed by atoms with Crippen LogP contribution < -0.4 is 14.2 Å². The number of methoxy groups -OCH3 is 1. The minimum absolute atomic E-state index is 0.0513. The number of nitrogens with zero attached hydrogens (tertiary/aromatic N) is 2. The third-order valence-corrected chi connectivity index (χ3v) is 11.8. The van der Waals surface area contributed by atoms with Gasteiger partial charge in [-0.05, 0) is 91.5 Å². The van der Waals surface area contributed by atoms with Crippen molar-refractivity contribution >= 4 is 11.6 Å². The molecule has 6 atom stereocenters. The fraction of sp³-hybridized carbons (Fsp3) is 0.489. The molecule has 0 saturated heterocycles. The summed E-state index contributed by atoms with van der Waals surface area (Å²) >= 11 is 0. The van der Waals surface area contributed by atoms with Gasteiger partial charge in [-0.2, -0.15) is 0 Å². The Labute approximate surface area is 342 Å². The van der Waals surface area contributed by atoms with Gasteiger partial charge >= 0.3 is 0 Å². The molecule has 6 rings (SSSR count). The molecule has 1 amide bonds. The Bertz CT molecular complexity index is 1920. The second-order valence-corrected chi connectivity index (χ2v) is 15.5. The van der Waals surface area contributed by atoms with E-state index in [0.717, 1.165) is 48.1 Å². The average molecular weight is 799 g/mol. The molecule has 312 valence electrons. The molecular weight excluding hydrogens is 740 g/mol. The van der Waals surface area contributed by atoms with E-state index in [1.165, 1.54) is 6.07 Å². The third kappa shape index (κ3) is 9.27. The number of carbonyl (C=O) groups is 1. The molecule has 1 aliphatic heterocycles. The highest BCUT2D eigenvalue weighted by molar-refractivity contribution is 6.03. The molecule has 2 N–H and O–H groups in total. The number of halogens is 1. The van der Waals surface area contributed by atoms with Gasteiger partial charge in [0.1, 0.15) is 42.8 Å². The summed E-state index contributed by atoms with van der Waals surface area (Å²) in [6.45, 7) is 6.94. The molecule has 2 aliphatic carbocycles. The first-order chi connectivity index (χ1) is 28.3. The highest BCUT2D eigenvalue weighted by Crippen LogP contribution is 2.62. The summed E-state index contributed by atoms with van der Waals surface area (Å²) in [5.74, 6) is -0.382. The van der Waals surface area contributed by atoms with Crippen LogP contribution in [0.3, 0.4) is 0 Å². The summed E-state index contributed by atoms with van der Waals surface area (Å²) in [7, 11) is 3.15. The molecular formula is C47H59FN2O8. The van der Waals surface area contributed by atoms with E-state index >= 15 is 0 Å². The molecule has 1 saturated carbocycles. The molecule has 0 bridgehead atoms. The molecule has 0 unspecified atom stereocenters. The Hall–Kier alpha value is -4.71. The molecule has 3 aromatic carbocycles. The maximum atomic E-state index is 14.7. The number of unbranched alkanes of at least 4 members (excludes halogenated alkanes) is 2. The summed E-state index contributed by atoms with van der Waals surface area (Å²) in [6, 6.07) is 19.3. The standard InChI is InChI=1S/C47H59FN2O8/c1-5-22-50(44(53)27-32-14-13-17-35(26-32)54-3)43-30-41(49-55-4)38-28-33(15-9-11-23-51)37(18-10-12-24-52)45-39-29-36(56-31-34-16-7-8-19-40(34)48)20-21-42(39)58-47(43,46(38)45)57-25-6-2/h6-8,13-14,16-17,19-21,26,28-29,33,37,43,45-46,51-52H,2,5,9-12,15,18,22-25,27,30-31H2,1,3-4H3/t33-,37+,43-,45+,46+,47+/m0/s1. The van der Waals surface area contributed by atoms with Crippen molar-refractivity contribution in [3.63, 3.8) is 0 Å². The molecule has 1 heterocycles. The van der Waals surface area contributed by atoms with Gasteiger partial charge in [-0.1, -0.05) is 67.4 Å². The van der Waals surface area contributed by atoms with Crippen LogP contribution in [-0.2, 0) is 27.4 Å². The highest BCUT2D eigenvalue weighted by Gasteiger charge is 2.65. The second-order valence-electron chi connectivity index (χ2n) is 15.5. The Kier molecular flexibility index (Phi) is 15.0. The van der Waals surface area contributed by atoms with E-state index in [0.29, 0.717) is 55.0 Å². The summed E-state index contributed by atoms with van der Waals surface area (Å²) in [5.41, 5.74) is 3.90. The van der Waals surface area contributed by atoms with E-state index in [9.17, 15) is 19.4 Å². The number of hydrogen-bond acceptors (Lipinski definition) is 9. The predicted molar refractivity (Wildman–Crippen MR) is 221 cm³/mol. The number of hydrogen-bond donors (Lipinski definition) is 2. The van der Waals surface area contributed by atoms with E-state index in [2.05, 4.69) is 24.7 Å². The number of oxime groups is 1. The van der Waals surface area contributed by atoms with Gasteiger partial charge in [0.05, 0.1) is 31.8 Å². The van der Waals surface area contributed by atoms with Crippen LogP contribution in [0.4, 0.5) is 4.39 Å². The predicted octanol–water partition coefficient (Wildman–Crippen LogP) is 8.16. The van der Waals surface area contributed by atoms with Crippen LogP contribution in [0.2, 0.25) is 0 Å². The number of fused-ring (bicyclic) bond motifs is 2. The smallest absolute Gasteiger partial charge is 0.239 e. The molecule has 1 fully saturated rings. The van der Waals surface area contributed by atoms with Crippen LogP contribution in [0.25, 0.3) is 0 Å². The minimum atomic E-state index is -1.36. The Balaban J connectivity index is 1.53. The topological polar surface area (TPSA) is 119 Å². The van der Waals surface area contributed by atoms with Crippen molar-refractivity contribution in [2.45, 2.75) is 89.1 Å². The van der Waals surface area contributed by atoms with E-state index in [-0.39, 0.29) is 62.3 Å². The second kappa shape index (κ2) is 20.3. The van der Waals surface area contributed by atoms with Gasteiger partial charge in [-0.15, -0.1) is 6.58 Å². The summed E-state index contributed by atoms with van der Waals surface area (Å²) in [4.78, 5) is 22.2. The van der Waals surface area contributed by atoms with Gasteiger partial charge in [0.15, 0.2) is 0 Å². The molecule has 3 aliphatic rings. The van der Waals surface area contributed by atoms with Crippen LogP contribution in [0.1, 0.15) is 80.9 Å². The van der Waals surface area contributed by atoms with Crippen molar-refractivity contribution in [3.8, 4) is 17.2 Å². The zero-order valence-electron chi connectivity index (χ0n) is 34.1. The third-order valence-electron chi connectivity index (χ3n) is 11.8. The zero-order valence-corrected chi connectivity index (χ0v) is 34.1. The van der Waals surface area contributed by atoms with Gasteiger partial charge in [0, 0.05) is 43.2 Å². The highest BCUT2D eigenvalue weighted by atomic mass is 19.1. The number of rotatable bonds is 21. The van der Waals surface area contributed by atoms with Crippen molar-refractivity contribution < 1.29 is 43.2 Å². The first-order valence-corrected chi connectivity index (χ1v) is 20.7. The van der Waals surface area contributed by atoms with E-state index in [1.54, 1.807) is 38.5 Å². The monoisotopic (exact) mass is 798 g/mol. The van der Waals surface area contributed by atoms with Crippen LogP contribution in [0, 0.1) is 23.6 Å². The lowest BCUT2D eigenvalue weighted by Crippen LogP contribution is -2.70. The molecule has 11 heteroatoms. The van der Waals surface area contributed by atoms with Crippen molar-refractivity contribution in [2.24, 2.45) is 22.9 Å². The Morgan fingerprint density at radius 3 is 2.53 bits per heavy atom. The number of allylic oxidation sites excluding steroid dienone is 1. The van der Waals surface area contributed by atoms with Gasteiger partial charge < -0.3 is 38.9 Å². The minimum Gasteiger partial charge on any atom is -0.497 e. The molecule has 58 heavy (non-hydrogen) atoms. The van der Waals surface area contributed by atoms with Crippen molar-refractivity contribution in [2.75, 3.05) is 40.6 Å². The Morgan fingerprint density at radius 2 is 1.81 bits per heavy atom. The van der Waals surface area contributed by atoms with Gasteiger partial charge in [0.25, 0.3) is 0 Å². The molecule has 0 radical (unpaired) electrons. The lowest BCUT2D eigenvalue weighted by atomic mass is 9.55. The molecule has 0 aromatic heterocycles. The number of amides is 1. The summed E-state index contributed by atoms with van der Waals surface area (Å²) in [5, 5.41) is 24.4. The molecule has 3 aromatic rings. The summed E-state index contributed by atoms with van der Waals surface area (Å²) in [6.07, 6.45) is 9.80. The average Bonchev–Trinajstić information content (AvgIpc) is 3.23. The van der Waals surface area contributed by atoms with Crippen molar-refractivity contribution in [3.05, 3.63) is 114 Å². The van der Waals surface area contributed by atoms with Crippen molar-refractivity contribution in [1.82, 2.24) is 4.90 Å².